The normalized spacial score (nSPS) is 13.2. The van der Waals surface area contributed by atoms with Crippen molar-refractivity contribution in [1.29, 1.82) is 0 Å². The Morgan fingerprint density at radius 2 is 0.893 bits per heavy atom. The highest BCUT2D eigenvalue weighted by molar-refractivity contribution is 7.91. The number of benzene rings is 4. The van der Waals surface area contributed by atoms with Gasteiger partial charge in [0.05, 0.1) is 32.4 Å². The number of ether oxygens (including phenoxy) is 2. The van der Waals surface area contributed by atoms with Crippen molar-refractivity contribution in [2.24, 2.45) is 0 Å². The van der Waals surface area contributed by atoms with Crippen LogP contribution in [0.3, 0.4) is 0 Å². The summed E-state index contributed by atoms with van der Waals surface area (Å²) in [5.41, 5.74) is -0.336. The molecule has 0 aliphatic rings. The fourth-order valence-corrected chi connectivity index (χ4v) is 7.05. The van der Waals surface area contributed by atoms with Gasteiger partial charge in [0.15, 0.2) is 31.9 Å². The second-order valence-corrected chi connectivity index (χ2v) is 16.9. The van der Waals surface area contributed by atoms with Crippen LogP contribution < -0.4 is 9.47 Å². The lowest BCUT2D eigenvalue weighted by Gasteiger charge is -2.18. The molecule has 304 valence electrons. The number of halogens is 6. The number of carbonyl (C=O) groups is 2. The van der Waals surface area contributed by atoms with Gasteiger partial charge in [0.2, 0.25) is 0 Å². The van der Waals surface area contributed by atoms with Gasteiger partial charge in [-0.2, -0.15) is 26.3 Å². The summed E-state index contributed by atoms with van der Waals surface area (Å²) in [7, 11) is -6.96. The molecule has 4 aromatic carbocycles. The van der Waals surface area contributed by atoms with Crippen LogP contribution in [0.2, 0.25) is 0 Å². The molecule has 0 saturated heterocycles. The number of rotatable bonds is 12. The molecule has 0 aromatic heterocycles. The summed E-state index contributed by atoms with van der Waals surface area (Å²) in [6, 6.07) is 13.6. The maximum Gasteiger partial charge on any atom is 0.416 e. The smallest absolute Gasteiger partial charge is 0.416 e. The minimum absolute atomic E-state index is 0.0286. The zero-order valence-corrected chi connectivity index (χ0v) is 32.4. The van der Waals surface area contributed by atoms with E-state index in [4.69, 9.17) is 19.7 Å². The maximum atomic E-state index is 13.2. The van der Waals surface area contributed by atoms with Gasteiger partial charge in [-0.1, -0.05) is 26.0 Å². The van der Waals surface area contributed by atoms with Crippen LogP contribution >= 0.6 is 0 Å². The second-order valence-electron chi connectivity index (χ2n) is 12.4. The molecule has 0 bridgehead atoms. The van der Waals surface area contributed by atoms with E-state index < -0.39 is 67.3 Å². The Balaban J connectivity index is 0.000000300. The van der Waals surface area contributed by atoms with Crippen molar-refractivity contribution in [3.8, 4) is 33.8 Å². The first-order valence-corrected chi connectivity index (χ1v) is 19.9. The standard InChI is InChI=1S/2C19H19F3O5S/c2*1-4-28(25,26)14-6-7-15(11(2)9-14)16-10-13(19(20,21)22)5-8-17(16)27-12(3)18(23)24/h2*5-10,12H,4H2,1-3H3,(H,23,24)/t2*12-/m10/s1. The fourth-order valence-electron chi connectivity index (χ4n) is 5.12. The first-order chi connectivity index (χ1) is 25.7. The van der Waals surface area contributed by atoms with E-state index in [1.807, 2.05) is 0 Å². The molecule has 2 N–H and O–H groups in total. The predicted octanol–water partition coefficient (Wildman–Crippen LogP) is 8.65. The largest absolute Gasteiger partial charge is 0.479 e. The van der Waals surface area contributed by atoms with Crippen molar-refractivity contribution in [2.75, 3.05) is 11.5 Å². The Bertz CT molecular complexity index is 2160. The average Bonchev–Trinajstić information content (AvgIpc) is 3.11. The third kappa shape index (κ3) is 11.0. The van der Waals surface area contributed by atoms with Crippen LogP contribution in [0.1, 0.15) is 49.9 Å². The maximum absolute atomic E-state index is 13.2. The van der Waals surface area contributed by atoms with Gasteiger partial charge in [0, 0.05) is 11.1 Å². The van der Waals surface area contributed by atoms with E-state index in [0.29, 0.717) is 22.3 Å². The van der Waals surface area contributed by atoms with Crippen molar-refractivity contribution in [3.05, 3.63) is 95.1 Å². The van der Waals surface area contributed by atoms with Crippen LogP contribution in [0.4, 0.5) is 26.3 Å². The molecule has 56 heavy (non-hydrogen) atoms. The molecule has 0 saturated carbocycles. The summed E-state index contributed by atoms with van der Waals surface area (Å²) in [5.74, 6) is -2.85. The van der Waals surface area contributed by atoms with E-state index in [1.165, 1.54) is 64.1 Å². The number of alkyl halides is 6. The summed E-state index contributed by atoms with van der Waals surface area (Å²) < 4.78 is 138. The average molecular weight is 833 g/mol. The lowest BCUT2D eigenvalue weighted by molar-refractivity contribution is -0.145. The zero-order chi connectivity index (χ0) is 42.6. The van der Waals surface area contributed by atoms with E-state index in [9.17, 15) is 52.8 Å². The van der Waals surface area contributed by atoms with Crippen LogP contribution in [0.15, 0.2) is 82.6 Å². The van der Waals surface area contributed by atoms with Gasteiger partial charge in [-0.25, -0.2) is 26.4 Å². The Kier molecular flexibility index (Phi) is 14.0. The van der Waals surface area contributed by atoms with Crippen LogP contribution in [-0.4, -0.2) is 62.7 Å². The topological polar surface area (TPSA) is 161 Å². The highest BCUT2D eigenvalue weighted by atomic mass is 32.2. The number of carboxylic acids is 2. The number of aliphatic carboxylic acids is 2. The number of carboxylic acid groups (broad SMARTS) is 2. The molecular formula is C38H38F6O10S2. The first kappa shape index (κ1) is 45.3. The minimum atomic E-state index is -4.61. The lowest BCUT2D eigenvalue weighted by atomic mass is 9.97. The summed E-state index contributed by atoms with van der Waals surface area (Å²) in [5, 5.41) is 18.0. The third-order valence-corrected chi connectivity index (χ3v) is 11.8. The highest BCUT2D eigenvalue weighted by Crippen LogP contribution is 2.41. The number of hydrogen-bond acceptors (Lipinski definition) is 8. The van der Waals surface area contributed by atoms with Gasteiger partial charge < -0.3 is 19.7 Å². The van der Waals surface area contributed by atoms with E-state index in [-0.39, 0.29) is 43.9 Å². The predicted molar refractivity (Wildman–Crippen MR) is 194 cm³/mol. The zero-order valence-electron chi connectivity index (χ0n) is 30.7. The molecule has 0 aliphatic carbocycles. The minimum Gasteiger partial charge on any atom is -0.479 e. The van der Waals surface area contributed by atoms with Crippen LogP contribution in [0.25, 0.3) is 22.3 Å². The molecule has 10 nitrogen and oxygen atoms in total. The molecule has 2 atom stereocenters. The number of aryl methyl sites for hydroxylation is 2. The van der Waals surface area contributed by atoms with Gasteiger partial charge in [-0.3, -0.25) is 0 Å². The SMILES string of the molecule is CCS(=O)(=O)c1ccc(-c2cc(C(F)(F)F)ccc2O[C@@H](C)C(=O)O)c(C)c1.CCS(=O)(=O)c1ccc(-c2cc(C(F)(F)F)ccc2O[C@H](C)C(=O)O)c(C)c1. The highest BCUT2D eigenvalue weighted by Gasteiger charge is 2.33. The molecule has 0 fully saturated rings. The summed E-state index contributed by atoms with van der Waals surface area (Å²) in [6.45, 7) is 8.62. The van der Waals surface area contributed by atoms with Gasteiger partial charge in [0.1, 0.15) is 11.5 Å². The number of hydrogen-bond donors (Lipinski definition) is 2. The fraction of sp³-hybridized carbons (Fsp3) is 0.316. The number of sulfone groups is 2. The Morgan fingerprint density at radius 3 is 1.14 bits per heavy atom. The summed E-state index contributed by atoms with van der Waals surface area (Å²) >= 11 is 0. The molecule has 0 unspecified atom stereocenters. The van der Waals surface area contributed by atoms with Gasteiger partial charge in [-0.15, -0.1) is 0 Å². The van der Waals surface area contributed by atoms with Crippen molar-refractivity contribution < 1.29 is 72.5 Å². The van der Waals surface area contributed by atoms with E-state index in [0.717, 1.165) is 36.4 Å². The second kappa shape index (κ2) is 17.4. The van der Waals surface area contributed by atoms with Crippen molar-refractivity contribution in [1.82, 2.24) is 0 Å². The first-order valence-electron chi connectivity index (χ1n) is 16.6. The van der Waals surface area contributed by atoms with Crippen molar-refractivity contribution in [2.45, 2.75) is 75.9 Å². The Labute approximate surface area is 319 Å². The molecule has 0 aliphatic heterocycles. The quantitative estimate of drug-likeness (QED) is 0.132. The van der Waals surface area contributed by atoms with Crippen LogP contribution in [-0.2, 0) is 41.6 Å². The molecular weight excluding hydrogens is 795 g/mol. The Hall–Kier alpha value is -5.10. The van der Waals surface area contributed by atoms with E-state index in [2.05, 4.69) is 0 Å². The van der Waals surface area contributed by atoms with Gasteiger partial charge >= 0.3 is 24.3 Å². The molecule has 4 aromatic rings. The van der Waals surface area contributed by atoms with Crippen LogP contribution in [0.5, 0.6) is 11.5 Å². The summed E-state index contributed by atoms with van der Waals surface area (Å²) in [6.07, 6.45) is -11.8. The summed E-state index contributed by atoms with van der Waals surface area (Å²) in [4.78, 5) is 22.2. The molecule has 4 rings (SSSR count). The van der Waals surface area contributed by atoms with E-state index in [1.54, 1.807) is 13.8 Å². The van der Waals surface area contributed by atoms with Crippen LogP contribution in [0, 0.1) is 13.8 Å². The van der Waals surface area contributed by atoms with E-state index >= 15 is 0 Å². The monoisotopic (exact) mass is 832 g/mol. The molecule has 0 heterocycles. The van der Waals surface area contributed by atoms with Gasteiger partial charge in [-0.05, 0) is 111 Å². The molecule has 18 heteroatoms. The van der Waals surface area contributed by atoms with Crippen molar-refractivity contribution in [3.63, 3.8) is 0 Å². The molecule has 0 amide bonds. The molecule has 0 spiro atoms. The Morgan fingerprint density at radius 1 is 0.571 bits per heavy atom. The lowest BCUT2D eigenvalue weighted by Crippen LogP contribution is -2.23. The molecule has 0 radical (unpaired) electrons. The third-order valence-electron chi connectivity index (χ3n) is 8.37. The van der Waals surface area contributed by atoms with Crippen molar-refractivity contribution >= 4 is 31.6 Å². The van der Waals surface area contributed by atoms with Gasteiger partial charge in [0.25, 0.3) is 0 Å².